The largest absolute Gasteiger partial charge is 0.301 e. The third kappa shape index (κ3) is 4.63. The van der Waals surface area contributed by atoms with Gasteiger partial charge >= 0.3 is 0 Å². The minimum Gasteiger partial charge on any atom is -0.301 e. The predicted octanol–water partition coefficient (Wildman–Crippen LogP) is 5.95. The molecule has 0 bridgehead atoms. The highest BCUT2D eigenvalue weighted by atomic mass is 32.2. The number of amides is 1. The maximum Gasteiger partial charge on any atom is 0.239 e. The Morgan fingerprint density at radius 2 is 1.97 bits per heavy atom. The van der Waals surface area contributed by atoms with Crippen molar-refractivity contribution in [3.63, 3.8) is 0 Å². The van der Waals surface area contributed by atoms with E-state index in [1.807, 2.05) is 43.3 Å². The zero-order chi connectivity index (χ0) is 22.8. The Balaban J connectivity index is 1.31. The molecule has 2 aromatic heterocycles. The van der Waals surface area contributed by atoms with Crippen LogP contribution in [0.3, 0.4) is 0 Å². The average Bonchev–Trinajstić information content (AvgIpc) is 3.26. The number of fused-ring (bicyclic) bond motifs is 2. The van der Waals surface area contributed by atoms with E-state index >= 15 is 0 Å². The Kier molecular flexibility index (Phi) is 6.12. The third-order valence-corrected chi connectivity index (χ3v) is 7.98. The van der Waals surface area contributed by atoms with Gasteiger partial charge in [-0.25, -0.2) is 9.97 Å². The fraction of sp³-hybridized carbons (Fsp3) is 0.231. The highest BCUT2D eigenvalue weighted by Gasteiger charge is 2.25. The molecular formula is C26H22N4OS2. The van der Waals surface area contributed by atoms with E-state index in [-0.39, 0.29) is 5.91 Å². The lowest BCUT2D eigenvalue weighted by atomic mass is 9.82. The number of nitrogens with zero attached hydrogens (tertiary/aromatic N) is 3. The normalized spacial score (nSPS) is 16.1. The number of carbonyl (C=O) groups is 1. The summed E-state index contributed by atoms with van der Waals surface area (Å²) < 4.78 is 1.03. The van der Waals surface area contributed by atoms with E-state index in [9.17, 15) is 10.1 Å². The molecular weight excluding hydrogens is 448 g/mol. The molecule has 0 saturated carbocycles. The standard InChI is InChI=1S/C26H22N4OS2/c1-16(24(31)30-26-29-22-9-5-6-10-23(22)33-26)32-25-20(15-27)14-19-13-18(11-12-21(19)28-25)17-7-3-2-4-8-17/h2-10,14,16,18H,11-13H2,1H3,(H,29,30,31). The first-order valence-corrected chi connectivity index (χ1v) is 12.6. The highest BCUT2D eigenvalue weighted by molar-refractivity contribution is 8.00. The Hall–Kier alpha value is -3.21. The van der Waals surface area contributed by atoms with Crippen molar-refractivity contribution < 1.29 is 4.79 Å². The molecule has 5 nitrogen and oxygen atoms in total. The van der Waals surface area contributed by atoms with E-state index in [0.717, 1.165) is 40.7 Å². The number of hydrogen-bond donors (Lipinski definition) is 1. The van der Waals surface area contributed by atoms with Crippen molar-refractivity contribution in [1.29, 1.82) is 5.26 Å². The summed E-state index contributed by atoms with van der Waals surface area (Å²) in [4.78, 5) is 22.1. The van der Waals surface area contributed by atoms with Crippen LogP contribution in [0.25, 0.3) is 10.2 Å². The fourth-order valence-electron chi connectivity index (χ4n) is 4.18. The molecule has 5 rings (SSSR count). The maximum atomic E-state index is 12.8. The molecule has 1 aliphatic rings. The molecule has 0 radical (unpaired) electrons. The van der Waals surface area contributed by atoms with Gasteiger partial charge in [0.15, 0.2) is 5.13 Å². The Bertz CT molecular complexity index is 1330. The molecule has 7 heteroatoms. The zero-order valence-electron chi connectivity index (χ0n) is 18.1. The van der Waals surface area contributed by atoms with Crippen molar-refractivity contribution in [2.24, 2.45) is 0 Å². The topological polar surface area (TPSA) is 78.7 Å². The van der Waals surface area contributed by atoms with E-state index in [0.29, 0.717) is 21.6 Å². The van der Waals surface area contributed by atoms with E-state index in [4.69, 9.17) is 4.98 Å². The molecule has 2 aromatic carbocycles. The van der Waals surface area contributed by atoms with Gasteiger partial charge in [-0.1, -0.05) is 65.6 Å². The molecule has 4 aromatic rings. The number of aryl methyl sites for hydroxylation is 1. The van der Waals surface area contributed by atoms with Crippen molar-refractivity contribution in [1.82, 2.24) is 9.97 Å². The van der Waals surface area contributed by atoms with Gasteiger partial charge in [0.2, 0.25) is 5.91 Å². The van der Waals surface area contributed by atoms with Crippen LogP contribution in [0.15, 0.2) is 65.7 Å². The average molecular weight is 471 g/mol. The van der Waals surface area contributed by atoms with Gasteiger partial charge in [0.05, 0.1) is 21.0 Å². The van der Waals surface area contributed by atoms with Gasteiger partial charge in [0.25, 0.3) is 0 Å². The first-order valence-electron chi connectivity index (χ1n) is 10.9. The number of benzene rings is 2. The van der Waals surface area contributed by atoms with Gasteiger partial charge in [-0.3, -0.25) is 4.79 Å². The van der Waals surface area contributed by atoms with Gasteiger partial charge in [-0.15, -0.1) is 0 Å². The molecule has 0 fully saturated rings. The second kappa shape index (κ2) is 9.34. The van der Waals surface area contributed by atoms with E-state index < -0.39 is 5.25 Å². The molecule has 1 amide bonds. The second-order valence-corrected chi connectivity index (χ2v) is 10.5. The molecule has 0 spiro atoms. The van der Waals surface area contributed by atoms with E-state index in [1.165, 1.54) is 28.7 Å². The number of hydrogen-bond acceptors (Lipinski definition) is 6. The number of pyridine rings is 1. The van der Waals surface area contributed by atoms with Crippen molar-refractivity contribution >= 4 is 44.4 Å². The lowest BCUT2D eigenvalue weighted by molar-refractivity contribution is -0.115. The number of aromatic nitrogens is 2. The maximum absolute atomic E-state index is 12.8. The fourth-order valence-corrected chi connectivity index (χ4v) is 5.94. The summed E-state index contributed by atoms with van der Waals surface area (Å²) in [5.41, 5.74) is 4.92. The van der Waals surface area contributed by atoms with Crippen LogP contribution >= 0.6 is 23.1 Å². The molecule has 2 atom stereocenters. The summed E-state index contributed by atoms with van der Waals surface area (Å²) in [6.45, 7) is 1.83. The van der Waals surface area contributed by atoms with Crippen molar-refractivity contribution in [2.75, 3.05) is 5.32 Å². The number of para-hydroxylation sites is 1. The molecule has 2 heterocycles. The molecule has 33 heavy (non-hydrogen) atoms. The quantitative estimate of drug-likeness (QED) is 0.364. The smallest absolute Gasteiger partial charge is 0.239 e. The summed E-state index contributed by atoms with van der Waals surface area (Å²) in [7, 11) is 0. The number of anilines is 1. The number of nitriles is 1. The summed E-state index contributed by atoms with van der Waals surface area (Å²) in [6, 6.07) is 22.6. The van der Waals surface area contributed by atoms with Crippen LogP contribution in [-0.2, 0) is 17.6 Å². The van der Waals surface area contributed by atoms with Crippen LogP contribution in [0.1, 0.15) is 41.6 Å². The third-order valence-electron chi connectivity index (χ3n) is 5.93. The van der Waals surface area contributed by atoms with Crippen LogP contribution in [0, 0.1) is 11.3 Å². The van der Waals surface area contributed by atoms with Crippen LogP contribution in [0.2, 0.25) is 0 Å². The number of rotatable bonds is 5. The monoisotopic (exact) mass is 470 g/mol. The van der Waals surface area contributed by atoms with Crippen LogP contribution in [0.5, 0.6) is 0 Å². The Morgan fingerprint density at radius 1 is 1.18 bits per heavy atom. The number of thiazole rings is 1. The minimum atomic E-state index is -0.407. The first-order chi connectivity index (χ1) is 16.1. The van der Waals surface area contributed by atoms with Crippen molar-refractivity contribution in [3.05, 3.63) is 83.0 Å². The van der Waals surface area contributed by atoms with Crippen LogP contribution < -0.4 is 5.32 Å². The lowest BCUT2D eigenvalue weighted by Gasteiger charge is -2.25. The van der Waals surface area contributed by atoms with Gasteiger partial charge in [0.1, 0.15) is 11.1 Å². The molecule has 0 saturated heterocycles. The molecule has 1 aliphatic carbocycles. The SMILES string of the molecule is CC(Sc1nc2c(cc1C#N)CC(c1ccccc1)CC2)C(=O)Nc1nc2ccccc2s1. The Morgan fingerprint density at radius 3 is 2.76 bits per heavy atom. The summed E-state index contributed by atoms with van der Waals surface area (Å²) in [5.74, 6) is 0.302. The summed E-state index contributed by atoms with van der Waals surface area (Å²) >= 11 is 2.78. The van der Waals surface area contributed by atoms with Gasteiger partial charge < -0.3 is 5.32 Å². The van der Waals surface area contributed by atoms with E-state index in [1.54, 1.807) is 0 Å². The van der Waals surface area contributed by atoms with Gasteiger partial charge in [-0.2, -0.15) is 5.26 Å². The lowest BCUT2D eigenvalue weighted by Crippen LogP contribution is -2.23. The highest BCUT2D eigenvalue weighted by Crippen LogP contribution is 2.35. The second-order valence-electron chi connectivity index (χ2n) is 8.15. The van der Waals surface area contributed by atoms with E-state index in [2.05, 4.69) is 40.6 Å². The predicted molar refractivity (Wildman–Crippen MR) is 134 cm³/mol. The number of thioether (sulfide) groups is 1. The van der Waals surface area contributed by atoms with Crippen LogP contribution in [0.4, 0.5) is 5.13 Å². The summed E-state index contributed by atoms with van der Waals surface area (Å²) in [5, 5.41) is 13.5. The Labute approximate surface area is 200 Å². The van der Waals surface area contributed by atoms with Gasteiger partial charge in [0, 0.05) is 5.69 Å². The summed E-state index contributed by atoms with van der Waals surface area (Å²) in [6.07, 6.45) is 2.80. The van der Waals surface area contributed by atoms with Crippen molar-refractivity contribution in [2.45, 2.75) is 42.4 Å². The first kappa shape index (κ1) is 21.6. The number of nitrogens with one attached hydrogen (secondary N) is 1. The number of carbonyl (C=O) groups excluding carboxylic acids is 1. The minimum absolute atomic E-state index is 0.147. The zero-order valence-corrected chi connectivity index (χ0v) is 19.7. The van der Waals surface area contributed by atoms with Crippen molar-refractivity contribution in [3.8, 4) is 6.07 Å². The molecule has 0 aliphatic heterocycles. The molecule has 1 N–H and O–H groups in total. The van der Waals surface area contributed by atoms with Crippen LogP contribution in [-0.4, -0.2) is 21.1 Å². The van der Waals surface area contributed by atoms with Gasteiger partial charge in [-0.05, 0) is 61.4 Å². The molecule has 164 valence electrons. The molecule has 2 unspecified atom stereocenters.